The number of aryl methyl sites for hydroxylation is 2. The van der Waals surface area contributed by atoms with Crippen molar-refractivity contribution in [3.05, 3.63) is 29.3 Å². The summed E-state index contributed by atoms with van der Waals surface area (Å²) in [5, 5.41) is 3.07. The molecule has 1 unspecified atom stereocenters. The number of hydrogen-bond acceptors (Lipinski definition) is 2. The average Bonchev–Trinajstić information content (AvgIpc) is 2.54. The van der Waals surface area contributed by atoms with Gasteiger partial charge in [0, 0.05) is 13.0 Å². The third-order valence-electron chi connectivity index (χ3n) is 4.28. The highest BCUT2D eigenvalue weighted by Crippen LogP contribution is 2.19. The molecule has 1 aromatic carbocycles. The Morgan fingerprint density at radius 2 is 2.00 bits per heavy atom. The van der Waals surface area contributed by atoms with E-state index in [0.29, 0.717) is 18.9 Å². The molecule has 1 atom stereocenters. The van der Waals surface area contributed by atoms with Gasteiger partial charge in [0.1, 0.15) is 5.75 Å². The van der Waals surface area contributed by atoms with E-state index in [1.54, 1.807) is 0 Å². The van der Waals surface area contributed by atoms with E-state index in [9.17, 15) is 4.79 Å². The Morgan fingerprint density at radius 3 is 2.70 bits per heavy atom. The van der Waals surface area contributed by atoms with Gasteiger partial charge < -0.3 is 10.1 Å². The third-order valence-corrected chi connectivity index (χ3v) is 4.28. The molecule has 0 aliphatic carbocycles. The fraction of sp³-hybridized carbons (Fsp3) is 0.650. The molecular weight excluding hydrogens is 286 g/mol. The van der Waals surface area contributed by atoms with Gasteiger partial charge in [-0.05, 0) is 49.8 Å². The van der Waals surface area contributed by atoms with Crippen LogP contribution in [0.1, 0.15) is 63.5 Å². The number of benzene rings is 1. The van der Waals surface area contributed by atoms with Crippen molar-refractivity contribution in [2.75, 3.05) is 13.2 Å². The van der Waals surface area contributed by atoms with Crippen molar-refractivity contribution in [3.63, 3.8) is 0 Å². The van der Waals surface area contributed by atoms with Crippen LogP contribution in [0.4, 0.5) is 0 Å². The molecule has 0 fully saturated rings. The van der Waals surface area contributed by atoms with E-state index in [0.717, 1.165) is 30.7 Å². The van der Waals surface area contributed by atoms with Crippen LogP contribution in [0.25, 0.3) is 0 Å². The fourth-order valence-electron chi connectivity index (χ4n) is 2.57. The van der Waals surface area contributed by atoms with Crippen LogP contribution in [0.15, 0.2) is 18.2 Å². The number of unbranched alkanes of at least 4 members (excludes halogenated alkanes) is 1. The Hall–Kier alpha value is -1.51. The summed E-state index contributed by atoms with van der Waals surface area (Å²) in [6.07, 6.45) is 6.11. The van der Waals surface area contributed by atoms with Gasteiger partial charge in [0.2, 0.25) is 5.91 Å². The molecular formula is C20H33NO2. The highest BCUT2D eigenvalue weighted by atomic mass is 16.5. The van der Waals surface area contributed by atoms with Crippen LogP contribution in [0, 0.1) is 19.8 Å². The standard InChI is InChI=1S/C20H33NO2/c1-5-7-9-18(6-2)15-21-20(22)10-8-13-23-19-14-16(3)11-12-17(19)4/h11-12,14,18H,5-10,13,15H2,1-4H3,(H,21,22). The molecule has 0 aromatic heterocycles. The second-order valence-corrected chi connectivity index (χ2v) is 6.44. The summed E-state index contributed by atoms with van der Waals surface area (Å²) in [5.41, 5.74) is 2.34. The predicted molar refractivity (Wildman–Crippen MR) is 97.0 cm³/mol. The second kappa shape index (κ2) is 11.1. The van der Waals surface area contributed by atoms with E-state index in [-0.39, 0.29) is 5.91 Å². The van der Waals surface area contributed by atoms with Crippen LogP contribution in [-0.4, -0.2) is 19.1 Å². The van der Waals surface area contributed by atoms with Crippen molar-refractivity contribution < 1.29 is 9.53 Å². The molecule has 0 saturated carbocycles. The van der Waals surface area contributed by atoms with E-state index >= 15 is 0 Å². The zero-order chi connectivity index (χ0) is 17.1. The van der Waals surface area contributed by atoms with Gasteiger partial charge in [0.05, 0.1) is 6.61 Å². The van der Waals surface area contributed by atoms with Gasteiger partial charge in [0.25, 0.3) is 0 Å². The van der Waals surface area contributed by atoms with Crippen LogP contribution in [-0.2, 0) is 4.79 Å². The lowest BCUT2D eigenvalue weighted by molar-refractivity contribution is -0.121. The summed E-state index contributed by atoms with van der Waals surface area (Å²) in [6, 6.07) is 6.20. The lowest BCUT2D eigenvalue weighted by atomic mass is 9.99. The number of amides is 1. The molecule has 130 valence electrons. The van der Waals surface area contributed by atoms with Gasteiger partial charge in [-0.1, -0.05) is 45.2 Å². The largest absolute Gasteiger partial charge is 0.493 e. The number of carbonyl (C=O) groups excluding carboxylic acids is 1. The molecule has 0 bridgehead atoms. The number of rotatable bonds is 11. The van der Waals surface area contributed by atoms with Gasteiger partial charge in [-0.15, -0.1) is 0 Å². The van der Waals surface area contributed by atoms with Gasteiger partial charge in [-0.3, -0.25) is 4.79 Å². The first-order chi connectivity index (χ1) is 11.1. The van der Waals surface area contributed by atoms with E-state index in [4.69, 9.17) is 4.74 Å². The Labute approximate surface area is 141 Å². The third kappa shape index (κ3) is 8.06. The summed E-state index contributed by atoms with van der Waals surface area (Å²) in [5.74, 6) is 1.69. The second-order valence-electron chi connectivity index (χ2n) is 6.44. The maximum absolute atomic E-state index is 11.9. The quantitative estimate of drug-likeness (QED) is 0.595. The molecule has 23 heavy (non-hydrogen) atoms. The molecule has 1 N–H and O–H groups in total. The monoisotopic (exact) mass is 319 g/mol. The first-order valence-electron chi connectivity index (χ1n) is 9.03. The average molecular weight is 319 g/mol. The van der Waals surface area contributed by atoms with Crippen molar-refractivity contribution in [2.45, 2.75) is 66.2 Å². The Kier molecular flexibility index (Phi) is 9.42. The molecule has 1 amide bonds. The zero-order valence-electron chi connectivity index (χ0n) is 15.3. The molecule has 1 aromatic rings. The van der Waals surface area contributed by atoms with Gasteiger partial charge >= 0.3 is 0 Å². The van der Waals surface area contributed by atoms with Gasteiger partial charge in [0.15, 0.2) is 0 Å². The number of nitrogens with one attached hydrogen (secondary N) is 1. The molecule has 0 aliphatic rings. The smallest absolute Gasteiger partial charge is 0.220 e. The highest BCUT2D eigenvalue weighted by molar-refractivity contribution is 5.75. The first kappa shape index (κ1) is 19.5. The lowest BCUT2D eigenvalue weighted by Gasteiger charge is -2.15. The summed E-state index contributed by atoms with van der Waals surface area (Å²) >= 11 is 0. The molecule has 0 saturated heterocycles. The molecule has 0 heterocycles. The van der Waals surface area contributed by atoms with Crippen molar-refractivity contribution >= 4 is 5.91 Å². The lowest BCUT2D eigenvalue weighted by Crippen LogP contribution is -2.29. The minimum Gasteiger partial charge on any atom is -0.493 e. The Morgan fingerprint density at radius 1 is 1.22 bits per heavy atom. The fourth-order valence-corrected chi connectivity index (χ4v) is 2.57. The summed E-state index contributed by atoms with van der Waals surface area (Å²) in [7, 11) is 0. The van der Waals surface area contributed by atoms with Crippen LogP contribution < -0.4 is 10.1 Å². The van der Waals surface area contributed by atoms with Crippen LogP contribution in [0.3, 0.4) is 0 Å². The Bertz CT molecular complexity index is 471. The summed E-state index contributed by atoms with van der Waals surface area (Å²) in [6.45, 7) is 9.91. The zero-order valence-corrected chi connectivity index (χ0v) is 15.3. The topological polar surface area (TPSA) is 38.3 Å². The molecule has 0 radical (unpaired) electrons. The minimum absolute atomic E-state index is 0.143. The molecule has 3 nitrogen and oxygen atoms in total. The number of ether oxygens (including phenoxy) is 1. The van der Waals surface area contributed by atoms with Crippen molar-refractivity contribution in [1.82, 2.24) is 5.32 Å². The van der Waals surface area contributed by atoms with E-state index in [1.165, 1.54) is 24.8 Å². The number of hydrogen-bond donors (Lipinski definition) is 1. The van der Waals surface area contributed by atoms with Crippen LogP contribution >= 0.6 is 0 Å². The molecule has 0 spiro atoms. The van der Waals surface area contributed by atoms with E-state index in [2.05, 4.69) is 44.3 Å². The SMILES string of the molecule is CCCCC(CC)CNC(=O)CCCOc1cc(C)ccc1C. The minimum atomic E-state index is 0.143. The number of carbonyl (C=O) groups is 1. The predicted octanol–water partition coefficient (Wildman–Crippen LogP) is 4.80. The maximum atomic E-state index is 11.9. The Balaban J connectivity index is 2.19. The van der Waals surface area contributed by atoms with Crippen LogP contribution in [0.5, 0.6) is 5.75 Å². The normalized spacial score (nSPS) is 12.0. The summed E-state index contributed by atoms with van der Waals surface area (Å²) in [4.78, 5) is 11.9. The highest BCUT2D eigenvalue weighted by Gasteiger charge is 2.08. The molecule has 0 aliphatic heterocycles. The van der Waals surface area contributed by atoms with Crippen molar-refractivity contribution in [3.8, 4) is 5.75 Å². The van der Waals surface area contributed by atoms with E-state index < -0.39 is 0 Å². The van der Waals surface area contributed by atoms with E-state index in [1.807, 2.05) is 6.92 Å². The summed E-state index contributed by atoms with van der Waals surface area (Å²) < 4.78 is 5.79. The van der Waals surface area contributed by atoms with Gasteiger partial charge in [-0.25, -0.2) is 0 Å². The first-order valence-corrected chi connectivity index (χ1v) is 9.03. The van der Waals surface area contributed by atoms with Crippen molar-refractivity contribution in [2.24, 2.45) is 5.92 Å². The maximum Gasteiger partial charge on any atom is 0.220 e. The van der Waals surface area contributed by atoms with Gasteiger partial charge in [-0.2, -0.15) is 0 Å². The van der Waals surface area contributed by atoms with Crippen LogP contribution in [0.2, 0.25) is 0 Å². The van der Waals surface area contributed by atoms with Crippen molar-refractivity contribution in [1.29, 1.82) is 0 Å². The molecule has 3 heteroatoms. The molecule has 1 rings (SSSR count).